The van der Waals surface area contributed by atoms with Crippen LogP contribution in [0, 0.1) is 5.82 Å². The van der Waals surface area contributed by atoms with Crippen molar-refractivity contribution in [2.24, 2.45) is 0 Å². The Hall–Kier alpha value is -1.63. The minimum atomic E-state index is -0.213. The van der Waals surface area contributed by atoms with E-state index in [2.05, 4.69) is 28.1 Å². The molecule has 0 atom stereocenters. The Labute approximate surface area is 167 Å². The lowest BCUT2D eigenvalue weighted by Gasteiger charge is -2.01. The Morgan fingerprint density at radius 3 is 2.68 bits per heavy atom. The summed E-state index contributed by atoms with van der Waals surface area (Å²) in [5.74, 6) is -0.213. The molecular formula is C19H13Br2FN2S. The van der Waals surface area contributed by atoms with Gasteiger partial charge in [-0.3, -0.25) is 0 Å². The molecule has 2 aromatic carbocycles. The van der Waals surface area contributed by atoms with Crippen molar-refractivity contribution >= 4 is 37.5 Å². The standard InChI is InChI=1S/C19H13BrFN2S.BrH/c20-15-9-14(19-22-17-6-1-2-7-18(17)24-19)11-23(12-15)10-13-4-3-5-16(21)8-13;/h1-9,11-12H,10H2;1H/q+1;/p-1. The van der Waals surface area contributed by atoms with Gasteiger partial charge in [0.1, 0.15) is 10.8 Å². The third-order valence-electron chi connectivity index (χ3n) is 3.68. The van der Waals surface area contributed by atoms with E-state index >= 15 is 0 Å². The molecule has 0 saturated carbocycles. The van der Waals surface area contributed by atoms with Gasteiger partial charge in [-0.2, -0.15) is 4.57 Å². The van der Waals surface area contributed by atoms with Crippen molar-refractivity contribution in [3.8, 4) is 10.6 Å². The van der Waals surface area contributed by atoms with Gasteiger partial charge in [0.2, 0.25) is 0 Å². The number of pyridine rings is 1. The topological polar surface area (TPSA) is 16.8 Å². The summed E-state index contributed by atoms with van der Waals surface area (Å²) in [6, 6.07) is 16.9. The van der Waals surface area contributed by atoms with Gasteiger partial charge in [0, 0.05) is 5.56 Å². The summed E-state index contributed by atoms with van der Waals surface area (Å²) >= 11 is 5.24. The number of hydrogen-bond acceptors (Lipinski definition) is 2. The molecule has 0 bridgehead atoms. The fraction of sp³-hybridized carbons (Fsp3) is 0.0526. The molecule has 0 aliphatic carbocycles. The number of para-hydroxylation sites is 1. The van der Waals surface area contributed by atoms with Crippen molar-refractivity contribution in [1.29, 1.82) is 0 Å². The fourth-order valence-corrected chi connectivity index (χ4v) is 4.10. The summed E-state index contributed by atoms with van der Waals surface area (Å²) in [7, 11) is 0. The zero-order chi connectivity index (χ0) is 16.5. The average Bonchev–Trinajstić information content (AvgIpc) is 2.98. The molecule has 0 fully saturated rings. The highest BCUT2D eigenvalue weighted by Gasteiger charge is 2.13. The van der Waals surface area contributed by atoms with Crippen molar-refractivity contribution < 1.29 is 25.9 Å². The minimum Gasteiger partial charge on any atom is -1.00 e. The molecule has 4 aromatic rings. The van der Waals surface area contributed by atoms with E-state index in [0.29, 0.717) is 6.54 Å². The second kappa shape index (κ2) is 7.72. The lowest BCUT2D eigenvalue weighted by molar-refractivity contribution is -0.688. The van der Waals surface area contributed by atoms with E-state index in [1.807, 2.05) is 41.2 Å². The predicted octanol–water partition coefficient (Wildman–Crippen LogP) is 2.20. The predicted molar refractivity (Wildman–Crippen MR) is 98.5 cm³/mol. The SMILES string of the molecule is Fc1cccc(C[n+]2cc(Br)cc(-c3nc4ccccc4s3)c2)c1.[Br-]. The highest BCUT2D eigenvalue weighted by Crippen LogP contribution is 2.30. The summed E-state index contributed by atoms with van der Waals surface area (Å²) in [5.41, 5.74) is 2.98. The first-order valence-corrected chi connectivity index (χ1v) is 9.08. The van der Waals surface area contributed by atoms with E-state index in [-0.39, 0.29) is 22.8 Å². The van der Waals surface area contributed by atoms with Crippen LogP contribution >= 0.6 is 27.3 Å². The monoisotopic (exact) mass is 478 g/mol. The van der Waals surface area contributed by atoms with Gasteiger partial charge in [-0.1, -0.05) is 24.3 Å². The normalized spacial score (nSPS) is 10.6. The summed E-state index contributed by atoms with van der Waals surface area (Å²) < 4.78 is 17.6. The van der Waals surface area contributed by atoms with Crippen molar-refractivity contribution in [2.75, 3.05) is 0 Å². The lowest BCUT2D eigenvalue weighted by atomic mass is 10.2. The van der Waals surface area contributed by atoms with Crippen LogP contribution in [-0.4, -0.2) is 4.98 Å². The number of nitrogens with zero attached hydrogens (tertiary/aromatic N) is 2. The van der Waals surface area contributed by atoms with Crippen LogP contribution in [0.5, 0.6) is 0 Å². The zero-order valence-corrected chi connectivity index (χ0v) is 17.0. The zero-order valence-electron chi connectivity index (χ0n) is 13.0. The Kier molecular flexibility index (Phi) is 5.61. The third kappa shape index (κ3) is 4.14. The van der Waals surface area contributed by atoms with E-state index in [1.54, 1.807) is 23.5 Å². The van der Waals surface area contributed by atoms with E-state index in [0.717, 1.165) is 26.1 Å². The van der Waals surface area contributed by atoms with E-state index < -0.39 is 0 Å². The number of hydrogen-bond donors (Lipinski definition) is 0. The lowest BCUT2D eigenvalue weighted by Crippen LogP contribution is -3.00. The Morgan fingerprint density at radius 1 is 1.04 bits per heavy atom. The Balaban J connectivity index is 0.00000182. The molecule has 0 aliphatic heterocycles. The van der Waals surface area contributed by atoms with Gasteiger partial charge in [-0.05, 0) is 46.3 Å². The molecule has 126 valence electrons. The molecule has 0 unspecified atom stereocenters. The number of halogens is 3. The molecule has 25 heavy (non-hydrogen) atoms. The number of aromatic nitrogens is 2. The van der Waals surface area contributed by atoms with Gasteiger partial charge < -0.3 is 17.0 Å². The van der Waals surface area contributed by atoms with Crippen LogP contribution in [0.2, 0.25) is 0 Å². The van der Waals surface area contributed by atoms with Crippen LogP contribution in [0.3, 0.4) is 0 Å². The first-order valence-electron chi connectivity index (χ1n) is 7.47. The van der Waals surface area contributed by atoms with Crippen molar-refractivity contribution in [2.45, 2.75) is 6.54 Å². The molecule has 0 N–H and O–H groups in total. The molecule has 0 radical (unpaired) electrons. The van der Waals surface area contributed by atoms with Crippen molar-refractivity contribution in [3.63, 3.8) is 0 Å². The van der Waals surface area contributed by atoms with Gasteiger partial charge in [0.25, 0.3) is 0 Å². The molecule has 2 heterocycles. The number of fused-ring (bicyclic) bond motifs is 1. The highest BCUT2D eigenvalue weighted by molar-refractivity contribution is 9.10. The van der Waals surface area contributed by atoms with Crippen molar-refractivity contribution in [3.05, 3.63) is 82.8 Å². The van der Waals surface area contributed by atoms with Crippen LogP contribution < -0.4 is 21.5 Å². The van der Waals surface area contributed by atoms with Crippen LogP contribution in [0.15, 0.2) is 71.5 Å². The summed E-state index contributed by atoms with van der Waals surface area (Å²) in [6.07, 6.45) is 4.04. The minimum absolute atomic E-state index is 0. The number of thiazole rings is 1. The van der Waals surface area contributed by atoms with Crippen LogP contribution in [0.4, 0.5) is 4.39 Å². The van der Waals surface area contributed by atoms with E-state index in [1.165, 1.54) is 10.8 Å². The Morgan fingerprint density at radius 2 is 1.88 bits per heavy atom. The Bertz CT molecular complexity index is 1000. The third-order valence-corrected chi connectivity index (χ3v) is 5.20. The second-order valence-electron chi connectivity index (χ2n) is 5.53. The molecule has 2 nitrogen and oxygen atoms in total. The van der Waals surface area contributed by atoms with Gasteiger partial charge in [-0.15, -0.1) is 11.3 Å². The van der Waals surface area contributed by atoms with E-state index in [4.69, 9.17) is 4.98 Å². The van der Waals surface area contributed by atoms with Gasteiger partial charge >= 0.3 is 0 Å². The second-order valence-corrected chi connectivity index (χ2v) is 7.48. The molecule has 0 spiro atoms. The first kappa shape index (κ1) is 18.2. The summed E-state index contributed by atoms with van der Waals surface area (Å²) in [5, 5.41) is 0.977. The largest absolute Gasteiger partial charge is 1.00 e. The molecular weight excluding hydrogens is 467 g/mol. The molecule has 0 amide bonds. The maximum absolute atomic E-state index is 13.4. The smallest absolute Gasteiger partial charge is 0.183 e. The maximum atomic E-state index is 13.4. The van der Waals surface area contributed by atoms with Crippen LogP contribution in [0.1, 0.15) is 5.56 Å². The highest BCUT2D eigenvalue weighted by atomic mass is 79.9. The fourth-order valence-electron chi connectivity index (χ4n) is 2.65. The molecule has 6 heteroatoms. The molecule has 2 aromatic heterocycles. The van der Waals surface area contributed by atoms with Gasteiger partial charge in [0.05, 0.1) is 20.3 Å². The van der Waals surface area contributed by atoms with Gasteiger partial charge in [0.15, 0.2) is 18.9 Å². The number of benzene rings is 2. The summed E-state index contributed by atoms with van der Waals surface area (Å²) in [4.78, 5) is 4.71. The number of rotatable bonds is 3. The van der Waals surface area contributed by atoms with E-state index in [9.17, 15) is 4.39 Å². The molecule has 0 saturated heterocycles. The maximum Gasteiger partial charge on any atom is 0.183 e. The van der Waals surface area contributed by atoms with Crippen molar-refractivity contribution in [1.82, 2.24) is 4.98 Å². The van der Waals surface area contributed by atoms with Crippen LogP contribution in [-0.2, 0) is 6.54 Å². The first-order chi connectivity index (χ1) is 11.7. The van der Waals surface area contributed by atoms with Crippen LogP contribution in [0.25, 0.3) is 20.8 Å². The average molecular weight is 480 g/mol. The molecule has 4 rings (SSSR count). The van der Waals surface area contributed by atoms with Gasteiger partial charge in [-0.25, -0.2) is 9.37 Å². The quantitative estimate of drug-likeness (QED) is 0.412. The summed E-state index contributed by atoms with van der Waals surface area (Å²) in [6.45, 7) is 0.606. The molecule has 0 aliphatic rings.